The second-order valence-corrected chi connectivity index (χ2v) is 5.70. The number of rotatable bonds is 6. The number of hydrogen-bond donors (Lipinski definition) is 0. The van der Waals surface area contributed by atoms with Crippen molar-refractivity contribution in [1.29, 1.82) is 0 Å². The minimum atomic E-state index is 0.191. The highest BCUT2D eigenvalue weighted by atomic mass is 16.5. The zero-order chi connectivity index (χ0) is 15.2. The van der Waals surface area contributed by atoms with Gasteiger partial charge in [-0.05, 0) is 17.5 Å². The predicted octanol–water partition coefficient (Wildman–Crippen LogP) is 3.39. The third-order valence-corrected chi connectivity index (χ3v) is 4.07. The van der Waals surface area contributed by atoms with Crippen molar-refractivity contribution in [1.82, 2.24) is 4.90 Å². The van der Waals surface area contributed by atoms with Gasteiger partial charge in [0.1, 0.15) is 0 Å². The average molecular weight is 295 g/mol. The van der Waals surface area contributed by atoms with Gasteiger partial charge in [0, 0.05) is 13.0 Å². The molecule has 3 heteroatoms. The molecule has 1 saturated heterocycles. The molecule has 3 nitrogen and oxygen atoms in total. The summed E-state index contributed by atoms with van der Waals surface area (Å²) in [6.45, 7) is 1.89. The summed E-state index contributed by atoms with van der Waals surface area (Å²) in [7, 11) is 0. The minimum Gasteiger partial charge on any atom is -0.375 e. The van der Waals surface area contributed by atoms with Crippen molar-refractivity contribution >= 4 is 5.91 Å². The van der Waals surface area contributed by atoms with Crippen LogP contribution in [-0.2, 0) is 22.7 Å². The molecule has 0 N–H and O–H groups in total. The molecular formula is C19H21NO2. The summed E-state index contributed by atoms with van der Waals surface area (Å²) in [6, 6.07) is 20.5. The van der Waals surface area contributed by atoms with Gasteiger partial charge in [-0.2, -0.15) is 0 Å². The van der Waals surface area contributed by atoms with E-state index in [4.69, 9.17) is 4.74 Å². The van der Waals surface area contributed by atoms with E-state index in [2.05, 4.69) is 24.3 Å². The highest BCUT2D eigenvalue weighted by molar-refractivity contribution is 5.78. The highest BCUT2D eigenvalue weighted by Crippen LogP contribution is 2.22. The summed E-state index contributed by atoms with van der Waals surface area (Å²) in [5, 5.41) is 0. The molecule has 1 fully saturated rings. The van der Waals surface area contributed by atoms with Crippen LogP contribution >= 0.6 is 0 Å². The largest absolute Gasteiger partial charge is 0.375 e. The van der Waals surface area contributed by atoms with Crippen LogP contribution in [0.1, 0.15) is 24.0 Å². The molecule has 2 aromatic carbocycles. The Labute approximate surface area is 131 Å². The Bertz CT molecular complexity index is 597. The first-order chi connectivity index (χ1) is 10.8. The lowest BCUT2D eigenvalue weighted by Gasteiger charge is -2.25. The summed E-state index contributed by atoms with van der Waals surface area (Å²) in [5.41, 5.74) is 2.34. The number of benzene rings is 2. The fourth-order valence-electron chi connectivity index (χ4n) is 2.85. The number of hydrogen-bond acceptors (Lipinski definition) is 2. The van der Waals surface area contributed by atoms with E-state index < -0.39 is 0 Å². The van der Waals surface area contributed by atoms with Crippen LogP contribution in [0.15, 0.2) is 60.7 Å². The lowest BCUT2D eigenvalue weighted by atomic mass is 10.2. The van der Waals surface area contributed by atoms with E-state index in [0.29, 0.717) is 26.2 Å². The van der Waals surface area contributed by atoms with Crippen LogP contribution in [0.25, 0.3) is 0 Å². The Kier molecular flexibility index (Phi) is 4.86. The molecule has 0 aromatic heterocycles. The first-order valence-electron chi connectivity index (χ1n) is 7.78. The summed E-state index contributed by atoms with van der Waals surface area (Å²) in [5.74, 6) is 0.233. The van der Waals surface area contributed by atoms with Gasteiger partial charge in [-0.25, -0.2) is 0 Å². The molecular weight excluding hydrogens is 274 g/mol. The Morgan fingerprint density at radius 3 is 2.27 bits per heavy atom. The quantitative estimate of drug-likeness (QED) is 0.817. The summed E-state index contributed by atoms with van der Waals surface area (Å²) in [4.78, 5) is 14.1. The molecule has 114 valence electrons. The highest BCUT2D eigenvalue weighted by Gasteiger charge is 2.30. The van der Waals surface area contributed by atoms with Gasteiger partial charge >= 0.3 is 0 Å². The maximum Gasteiger partial charge on any atom is 0.223 e. The summed E-state index contributed by atoms with van der Waals surface area (Å²) < 4.78 is 5.83. The Balaban J connectivity index is 1.54. The van der Waals surface area contributed by atoms with Crippen molar-refractivity contribution in [2.24, 2.45) is 0 Å². The first kappa shape index (κ1) is 14.8. The maximum absolute atomic E-state index is 12.1. The third-order valence-electron chi connectivity index (χ3n) is 4.07. The van der Waals surface area contributed by atoms with Gasteiger partial charge in [-0.1, -0.05) is 60.7 Å². The van der Waals surface area contributed by atoms with Crippen molar-refractivity contribution in [2.45, 2.75) is 32.0 Å². The summed E-state index contributed by atoms with van der Waals surface area (Å²) in [6.07, 6.45) is 1.52. The predicted molar refractivity (Wildman–Crippen MR) is 86.1 cm³/mol. The topological polar surface area (TPSA) is 29.5 Å². The Hall–Kier alpha value is -2.13. The molecule has 1 aliphatic heterocycles. The van der Waals surface area contributed by atoms with E-state index >= 15 is 0 Å². The van der Waals surface area contributed by atoms with E-state index in [0.717, 1.165) is 6.42 Å². The number of ether oxygens (including phenoxy) is 1. The van der Waals surface area contributed by atoms with E-state index in [1.165, 1.54) is 11.1 Å². The van der Waals surface area contributed by atoms with Crippen molar-refractivity contribution in [2.75, 3.05) is 6.61 Å². The van der Waals surface area contributed by atoms with Gasteiger partial charge in [-0.15, -0.1) is 0 Å². The molecule has 0 spiro atoms. The number of likely N-dealkylation sites (tertiary alicyclic amines) is 1. The second kappa shape index (κ2) is 7.23. The Morgan fingerprint density at radius 1 is 0.955 bits per heavy atom. The van der Waals surface area contributed by atoms with E-state index in [1.54, 1.807) is 0 Å². The monoisotopic (exact) mass is 295 g/mol. The van der Waals surface area contributed by atoms with Crippen LogP contribution in [0.2, 0.25) is 0 Å². The minimum absolute atomic E-state index is 0.191. The van der Waals surface area contributed by atoms with E-state index in [9.17, 15) is 4.79 Å². The van der Waals surface area contributed by atoms with E-state index in [-0.39, 0.29) is 11.9 Å². The van der Waals surface area contributed by atoms with Crippen LogP contribution in [-0.4, -0.2) is 23.5 Å². The van der Waals surface area contributed by atoms with Crippen LogP contribution < -0.4 is 0 Å². The van der Waals surface area contributed by atoms with Crippen molar-refractivity contribution in [3.8, 4) is 0 Å². The number of carbonyl (C=O) groups excluding carboxylic acids is 1. The third kappa shape index (κ3) is 3.74. The average Bonchev–Trinajstić information content (AvgIpc) is 2.90. The van der Waals surface area contributed by atoms with Crippen molar-refractivity contribution in [3.63, 3.8) is 0 Å². The standard InChI is InChI=1S/C19H21NO2/c21-19-12-11-18(15-22-14-17-9-5-2-6-10-17)20(19)13-16-7-3-1-4-8-16/h1-10,18H,11-15H2. The fourth-order valence-corrected chi connectivity index (χ4v) is 2.85. The molecule has 1 heterocycles. The van der Waals surface area contributed by atoms with Crippen LogP contribution in [0.5, 0.6) is 0 Å². The zero-order valence-corrected chi connectivity index (χ0v) is 12.7. The molecule has 1 amide bonds. The molecule has 2 aromatic rings. The lowest BCUT2D eigenvalue weighted by molar-refractivity contribution is -0.130. The molecule has 0 aliphatic carbocycles. The lowest BCUT2D eigenvalue weighted by Crippen LogP contribution is -2.35. The molecule has 1 unspecified atom stereocenters. The van der Waals surface area contributed by atoms with Gasteiger partial charge in [0.25, 0.3) is 0 Å². The van der Waals surface area contributed by atoms with Crippen LogP contribution in [0.3, 0.4) is 0 Å². The number of carbonyl (C=O) groups is 1. The summed E-state index contributed by atoms with van der Waals surface area (Å²) >= 11 is 0. The number of nitrogens with zero attached hydrogens (tertiary/aromatic N) is 1. The molecule has 0 radical (unpaired) electrons. The van der Waals surface area contributed by atoms with Crippen molar-refractivity contribution < 1.29 is 9.53 Å². The second-order valence-electron chi connectivity index (χ2n) is 5.70. The Morgan fingerprint density at radius 2 is 1.59 bits per heavy atom. The molecule has 0 saturated carbocycles. The fraction of sp³-hybridized carbons (Fsp3) is 0.316. The SMILES string of the molecule is O=C1CCC(COCc2ccccc2)N1Cc1ccccc1. The van der Waals surface area contributed by atoms with Gasteiger partial charge in [0.15, 0.2) is 0 Å². The van der Waals surface area contributed by atoms with Gasteiger partial charge in [0.05, 0.1) is 19.3 Å². The normalized spacial score (nSPS) is 17.9. The molecule has 1 atom stereocenters. The van der Waals surface area contributed by atoms with Gasteiger partial charge in [-0.3, -0.25) is 4.79 Å². The molecule has 0 bridgehead atoms. The molecule has 3 rings (SSSR count). The molecule has 1 aliphatic rings. The number of amides is 1. The maximum atomic E-state index is 12.1. The van der Waals surface area contributed by atoms with Crippen LogP contribution in [0, 0.1) is 0 Å². The van der Waals surface area contributed by atoms with Crippen molar-refractivity contribution in [3.05, 3.63) is 71.8 Å². The van der Waals surface area contributed by atoms with E-state index in [1.807, 2.05) is 41.3 Å². The molecule has 22 heavy (non-hydrogen) atoms. The van der Waals surface area contributed by atoms with Gasteiger partial charge < -0.3 is 9.64 Å². The smallest absolute Gasteiger partial charge is 0.223 e. The zero-order valence-electron chi connectivity index (χ0n) is 12.7. The first-order valence-corrected chi connectivity index (χ1v) is 7.78. The van der Waals surface area contributed by atoms with Gasteiger partial charge in [0.2, 0.25) is 5.91 Å². The van der Waals surface area contributed by atoms with Crippen LogP contribution in [0.4, 0.5) is 0 Å².